The van der Waals surface area contributed by atoms with Gasteiger partial charge in [0.05, 0.1) is 5.75 Å². The molecule has 0 atom stereocenters. The number of methoxy groups -OCH3 is 1. The van der Waals surface area contributed by atoms with E-state index in [9.17, 15) is 0 Å². The summed E-state index contributed by atoms with van der Waals surface area (Å²) in [6, 6.07) is 15.9. The Hall–Kier alpha value is -1.20. The van der Waals surface area contributed by atoms with E-state index in [1.807, 2.05) is 18.2 Å². The summed E-state index contributed by atoms with van der Waals surface area (Å²) in [5.74, 6) is 0.889. The van der Waals surface area contributed by atoms with Crippen molar-refractivity contribution >= 4 is 0 Å². The Balaban J connectivity index is 0.00000312. The SMILES string of the molecule is COCOc1c(-c2[c-]cccc2)cc(C(C)(C)C)cc1C(C)(C)C.[Li+]. The van der Waals surface area contributed by atoms with Crippen LogP contribution in [-0.4, -0.2) is 13.9 Å². The summed E-state index contributed by atoms with van der Waals surface area (Å²) in [4.78, 5) is 0. The predicted molar refractivity (Wildman–Crippen MR) is 101 cm³/mol. The number of rotatable bonds is 4. The molecule has 0 N–H and O–H groups in total. The second-order valence-corrected chi connectivity index (χ2v) is 8.23. The molecule has 0 heterocycles. The zero-order chi connectivity index (χ0) is 18.0. The maximum Gasteiger partial charge on any atom is 1.00 e. The molecule has 0 saturated heterocycles. The third kappa shape index (κ3) is 5.38. The molecule has 2 aromatic carbocycles. The number of hydrogen-bond donors (Lipinski definition) is 0. The van der Waals surface area contributed by atoms with Crippen molar-refractivity contribution in [3.63, 3.8) is 0 Å². The van der Waals surface area contributed by atoms with Crippen LogP contribution in [0.25, 0.3) is 11.1 Å². The van der Waals surface area contributed by atoms with Crippen molar-refractivity contribution in [2.75, 3.05) is 13.9 Å². The van der Waals surface area contributed by atoms with Gasteiger partial charge in [0.15, 0.2) is 6.79 Å². The van der Waals surface area contributed by atoms with Crippen LogP contribution in [0.1, 0.15) is 52.7 Å². The Kier molecular flexibility index (Phi) is 7.38. The molecule has 0 fully saturated rings. The van der Waals surface area contributed by atoms with E-state index in [1.54, 1.807) is 7.11 Å². The van der Waals surface area contributed by atoms with E-state index in [4.69, 9.17) is 9.47 Å². The number of ether oxygens (including phenoxy) is 2. The first-order valence-electron chi connectivity index (χ1n) is 8.42. The quantitative estimate of drug-likeness (QED) is 0.487. The van der Waals surface area contributed by atoms with Crippen molar-refractivity contribution in [3.8, 4) is 16.9 Å². The predicted octanol–water partition coefficient (Wildman–Crippen LogP) is 2.74. The minimum atomic E-state index is -0.0339. The first kappa shape index (κ1) is 21.8. The van der Waals surface area contributed by atoms with Crippen LogP contribution in [0.2, 0.25) is 0 Å². The van der Waals surface area contributed by atoms with Crippen molar-refractivity contribution in [1.82, 2.24) is 0 Å². The van der Waals surface area contributed by atoms with Gasteiger partial charge in [-0.25, -0.2) is 0 Å². The molecule has 0 saturated carbocycles. The van der Waals surface area contributed by atoms with Gasteiger partial charge in [-0.1, -0.05) is 64.8 Å². The summed E-state index contributed by atoms with van der Waals surface area (Å²) in [6.07, 6.45) is 0. The second-order valence-electron chi connectivity index (χ2n) is 8.23. The van der Waals surface area contributed by atoms with E-state index in [-0.39, 0.29) is 36.5 Å². The standard InChI is InChI=1S/C22H29O2.Li/c1-21(2,3)17-13-18(16-11-9-8-10-12-16)20(24-15-23-7)19(14-17)22(4,5)6;/h8-11,13-14H,15H2,1-7H3;/q-1;+1. The zero-order valence-corrected chi connectivity index (χ0v) is 17.0. The molecule has 25 heavy (non-hydrogen) atoms. The maximum atomic E-state index is 6.02. The monoisotopic (exact) mass is 332 g/mol. The summed E-state index contributed by atoms with van der Waals surface area (Å²) in [5.41, 5.74) is 4.63. The van der Waals surface area contributed by atoms with Gasteiger partial charge in [-0.15, -0.1) is 35.9 Å². The molecule has 0 aliphatic heterocycles. The van der Waals surface area contributed by atoms with Gasteiger partial charge in [0, 0.05) is 7.11 Å². The van der Waals surface area contributed by atoms with E-state index >= 15 is 0 Å². The average molecular weight is 332 g/mol. The Morgan fingerprint density at radius 2 is 1.64 bits per heavy atom. The van der Waals surface area contributed by atoms with Crippen molar-refractivity contribution in [3.05, 3.63) is 53.6 Å². The van der Waals surface area contributed by atoms with Crippen LogP contribution in [0.4, 0.5) is 0 Å². The van der Waals surface area contributed by atoms with Gasteiger partial charge in [-0.2, -0.15) is 0 Å². The van der Waals surface area contributed by atoms with Gasteiger partial charge >= 0.3 is 18.9 Å². The van der Waals surface area contributed by atoms with Gasteiger partial charge < -0.3 is 9.47 Å². The van der Waals surface area contributed by atoms with Crippen LogP contribution < -0.4 is 23.6 Å². The Morgan fingerprint density at radius 1 is 0.960 bits per heavy atom. The zero-order valence-electron chi connectivity index (χ0n) is 17.0. The molecule has 0 aromatic heterocycles. The first-order valence-corrected chi connectivity index (χ1v) is 8.42. The third-order valence-electron chi connectivity index (χ3n) is 4.08. The summed E-state index contributed by atoms with van der Waals surface area (Å²) in [6.45, 7) is 13.6. The first-order chi connectivity index (χ1) is 11.1. The molecule has 2 rings (SSSR count). The van der Waals surface area contributed by atoms with E-state index in [2.05, 4.69) is 65.8 Å². The molecule has 0 radical (unpaired) electrons. The fourth-order valence-corrected chi connectivity index (χ4v) is 2.65. The Labute approximate surface area is 165 Å². The number of benzene rings is 2. The van der Waals surface area contributed by atoms with E-state index in [0.717, 1.165) is 16.9 Å². The van der Waals surface area contributed by atoms with Crippen LogP contribution >= 0.6 is 0 Å². The molecular weight excluding hydrogens is 303 g/mol. The molecule has 0 amide bonds. The molecule has 3 heteroatoms. The minimum Gasteiger partial charge on any atom is -0.476 e. The van der Waals surface area contributed by atoms with Crippen molar-refractivity contribution in [1.29, 1.82) is 0 Å². The van der Waals surface area contributed by atoms with Gasteiger partial charge in [0.1, 0.15) is 0 Å². The van der Waals surface area contributed by atoms with Gasteiger partial charge in [0.2, 0.25) is 0 Å². The third-order valence-corrected chi connectivity index (χ3v) is 4.08. The summed E-state index contributed by atoms with van der Waals surface area (Å²) >= 11 is 0. The fraction of sp³-hybridized carbons (Fsp3) is 0.455. The molecule has 2 nitrogen and oxygen atoms in total. The summed E-state index contributed by atoms with van der Waals surface area (Å²) in [5, 5.41) is 0. The molecule has 0 aliphatic carbocycles. The maximum absolute atomic E-state index is 6.02. The summed E-state index contributed by atoms with van der Waals surface area (Å²) in [7, 11) is 1.65. The average Bonchev–Trinajstić information content (AvgIpc) is 2.51. The molecule has 0 bridgehead atoms. The van der Waals surface area contributed by atoms with Crippen LogP contribution in [0, 0.1) is 6.07 Å². The van der Waals surface area contributed by atoms with Gasteiger partial charge in [0.25, 0.3) is 0 Å². The van der Waals surface area contributed by atoms with Crippen LogP contribution in [-0.2, 0) is 15.6 Å². The molecule has 2 aromatic rings. The summed E-state index contributed by atoms with van der Waals surface area (Å²) < 4.78 is 11.2. The Bertz CT molecular complexity index is 680. The fourth-order valence-electron chi connectivity index (χ4n) is 2.65. The largest absolute Gasteiger partial charge is 1.00 e. The van der Waals surface area contributed by atoms with E-state index in [0.29, 0.717) is 0 Å². The van der Waals surface area contributed by atoms with E-state index < -0.39 is 0 Å². The minimum absolute atomic E-state index is 0. The molecular formula is C22H29LiO2. The van der Waals surface area contributed by atoms with Crippen molar-refractivity contribution < 1.29 is 28.3 Å². The van der Waals surface area contributed by atoms with E-state index in [1.165, 1.54) is 11.1 Å². The topological polar surface area (TPSA) is 18.5 Å². The van der Waals surface area contributed by atoms with Crippen LogP contribution in [0.15, 0.2) is 36.4 Å². The Morgan fingerprint density at radius 3 is 2.12 bits per heavy atom. The molecule has 0 aliphatic rings. The smallest absolute Gasteiger partial charge is 0.476 e. The normalized spacial score (nSPS) is 11.8. The van der Waals surface area contributed by atoms with Crippen LogP contribution in [0.3, 0.4) is 0 Å². The molecule has 0 unspecified atom stereocenters. The van der Waals surface area contributed by atoms with Crippen molar-refractivity contribution in [2.45, 2.75) is 52.4 Å². The van der Waals surface area contributed by atoms with Gasteiger partial charge in [-0.05, 0) is 16.4 Å². The van der Waals surface area contributed by atoms with Crippen LogP contribution in [0.5, 0.6) is 5.75 Å². The van der Waals surface area contributed by atoms with Gasteiger partial charge in [-0.3, -0.25) is 0 Å². The molecule has 0 spiro atoms. The van der Waals surface area contributed by atoms with Crippen molar-refractivity contribution in [2.24, 2.45) is 0 Å². The molecule has 130 valence electrons. The number of hydrogen-bond acceptors (Lipinski definition) is 2. The second kappa shape index (κ2) is 8.45.